The highest BCUT2D eigenvalue weighted by Gasteiger charge is 2.36. The standard InChI is InChI=1S/C13H23NO3/c1-17-9-12(11-2-3-11)14-6-4-10(5-7-14)8-13(15)16/h10-12H,2-9H2,1H3,(H,15,16). The van der Waals surface area contributed by atoms with Gasteiger partial charge in [-0.05, 0) is 50.6 Å². The molecule has 1 aliphatic carbocycles. The topological polar surface area (TPSA) is 49.8 Å². The van der Waals surface area contributed by atoms with Crippen molar-refractivity contribution in [2.24, 2.45) is 11.8 Å². The van der Waals surface area contributed by atoms with Crippen LogP contribution in [0.5, 0.6) is 0 Å². The number of piperidine rings is 1. The summed E-state index contributed by atoms with van der Waals surface area (Å²) in [5, 5.41) is 8.79. The van der Waals surface area contributed by atoms with Gasteiger partial charge in [-0.15, -0.1) is 0 Å². The molecule has 0 radical (unpaired) electrons. The normalized spacial score (nSPS) is 24.8. The van der Waals surface area contributed by atoms with Crippen molar-refractivity contribution < 1.29 is 14.6 Å². The first kappa shape index (κ1) is 12.8. The third kappa shape index (κ3) is 3.68. The summed E-state index contributed by atoms with van der Waals surface area (Å²) in [4.78, 5) is 13.2. The van der Waals surface area contributed by atoms with E-state index in [0.717, 1.165) is 38.5 Å². The molecule has 1 aliphatic heterocycles. The molecule has 1 N–H and O–H groups in total. The largest absolute Gasteiger partial charge is 0.481 e. The van der Waals surface area contributed by atoms with Crippen molar-refractivity contribution in [3.05, 3.63) is 0 Å². The minimum absolute atomic E-state index is 0.339. The third-order valence-electron chi connectivity index (χ3n) is 4.09. The number of hydrogen-bond donors (Lipinski definition) is 1. The number of likely N-dealkylation sites (tertiary alicyclic amines) is 1. The van der Waals surface area contributed by atoms with Gasteiger partial charge in [0, 0.05) is 19.6 Å². The Hall–Kier alpha value is -0.610. The van der Waals surface area contributed by atoms with Crippen LogP contribution >= 0.6 is 0 Å². The predicted molar refractivity (Wildman–Crippen MR) is 64.9 cm³/mol. The van der Waals surface area contributed by atoms with Gasteiger partial charge in [0.2, 0.25) is 0 Å². The lowest BCUT2D eigenvalue weighted by atomic mass is 9.92. The van der Waals surface area contributed by atoms with Crippen LogP contribution in [-0.2, 0) is 9.53 Å². The van der Waals surface area contributed by atoms with Gasteiger partial charge in [0.15, 0.2) is 0 Å². The van der Waals surface area contributed by atoms with E-state index in [0.29, 0.717) is 18.4 Å². The Morgan fingerprint density at radius 2 is 2.00 bits per heavy atom. The second-order valence-electron chi connectivity index (χ2n) is 5.44. The van der Waals surface area contributed by atoms with E-state index in [2.05, 4.69) is 4.90 Å². The van der Waals surface area contributed by atoms with Crippen LogP contribution in [0.25, 0.3) is 0 Å². The Morgan fingerprint density at radius 1 is 1.35 bits per heavy atom. The van der Waals surface area contributed by atoms with Crippen LogP contribution in [0.4, 0.5) is 0 Å². The molecule has 1 atom stereocenters. The average molecular weight is 241 g/mol. The highest BCUT2D eigenvalue weighted by molar-refractivity contribution is 5.67. The monoisotopic (exact) mass is 241 g/mol. The molecule has 0 aromatic heterocycles. The first-order chi connectivity index (χ1) is 8.20. The molecule has 2 aliphatic rings. The summed E-state index contributed by atoms with van der Waals surface area (Å²) in [6.07, 6.45) is 5.07. The van der Waals surface area contributed by atoms with Gasteiger partial charge >= 0.3 is 5.97 Å². The second-order valence-corrected chi connectivity index (χ2v) is 5.44. The van der Waals surface area contributed by atoms with Crippen molar-refractivity contribution in [2.75, 3.05) is 26.8 Å². The maximum Gasteiger partial charge on any atom is 0.303 e. The van der Waals surface area contributed by atoms with Gasteiger partial charge < -0.3 is 9.84 Å². The summed E-state index contributed by atoms with van der Waals surface area (Å²) >= 11 is 0. The maximum atomic E-state index is 10.7. The molecule has 0 spiro atoms. The van der Waals surface area contributed by atoms with Gasteiger partial charge in [0.25, 0.3) is 0 Å². The van der Waals surface area contributed by atoms with E-state index in [-0.39, 0.29) is 0 Å². The molecular formula is C13H23NO3. The molecule has 17 heavy (non-hydrogen) atoms. The highest BCUT2D eigenvalue weighted by Crippen LogP contribution is 2.37. The number of nitrogens with zero attached hydrogens (tertiary/aromatic N) is 1. The van der Waals surface area contributed by atoms with Crippen molar-refractivity contribution in [3.8, 4) is 0 Å². The van der Waals surface area contributed by atoms with Crippen molar-refractivity contribution >= 4 is 5.97 Å². The van der Waals surface area contributed by atoms with Gasteiger partial charge in [-0.25, -0.2) is 0 Å². The van der Waals surface area contributed by atoms with E-state index < -0.39 is 5.97 Å². The van der Waals surface area contributed by atoms with Gasteiger partial charge in [-0.3, -0.25) is 9.69 Å². The minimum Gasteiger partial charge on any atom is -0.481 e. The fraction of sp³-hybridized carbons (Fsp3) is 0.923. The van der Waals surface area contributed by atoms with Crippen LogP contribution in [0.15, 0.2) is 0 Å². The zero-order valence-corrected chi connectivity index (χ0v) is 10.6. The molecule has 98 valence electrons. The third-order valence-corrected chi connectivity index (χ3v) is 4.09. The van der Waals surface area contributed by atoms with Crippen LogP contribution in [0.3, 0.4) is 0 Å². The predicted octanol–water partition coefficient (Wildman–Crippen LogP) is 1.60. The minimum atomic E-state index is -0.654. The Labute approximate surface area is 103 Å². The lowest BCUT2D eigenvalue weighted by molar-refractivity contribution is -0.138. The van der Waals surface area contributed by atoms with E-state index in [4.69, 9.17) is 9.84 Å². The van der Waals surface area contributed by atoms with Crippen molar-refractivity contribution in [2.45, 2.75) is 38.1 Å². The van der Waals surface area contributed by atoms with Crippen LogP contribution in [0.2, 0.25) is 0 Å². The molecule has 4 heteroatoms. The van der Waals surface area contributed by atoms with E-state index in [1.54, 1.807) is 7.11 Å². The van der Waals surface area contributed by atoms with Crippen LogP contribution in [0, 0.1) is 11.8 Å². The van der Waals surface area contributed by atoms with Crippen LogP contribution in [-0.4, -0.2) is 48.8 Å². The fourth-order valence-electron chi connectivity index (χ4n) is 2.93. The smallest absolute Gasteiger partial charge is 0.303 e. The number of rotatable bonds is 6. The number of hydrogen-bond acceptors (Lipinski definition) is 3. The summed E-state index contributed by atoms with van der Waals surface area (Å²) in [6.45, 7) is 2.92. The van der Waals surface area contributed by atoms with Gasteiger partial charge in [-0.2, -0.15) is 0 Å². The molecule has 4 nitrogen and oxygen atoms in total. The Morgan fingerprint density at radius 3 is 2.47 bits per heavy atom. The maximum absolute atomic E-state index is 10.7. The molecule has 1 unspecified atom stereocenters. The van der Waals surface area contributed by atoms with Crippen LogP contribution < -0.4 is 0 Å². The Balaban J connectivity index is 1.78. The summed E-state index contributed by atoms with van der Waals surface area (Å²) in [5.41, 5.74) is 0. The van der Waals surface area contributed by atoms with Gasteiger partial charge in [0.1, 0.15) is 0 Å². The molecule has 0 aromatic rings. The molecule has 1 saturated heterocycles. The molecule has 0 amide bonds. The molecule has 1 saturated carbocycles. The first-order valence-electron chi connectivity index (χ1n) is 6.65. The lowest BCUT2D eigenvalue weighted by Gasteiger charge is -2.37. The first-order valence-corrected chi connectivity index (χ1v) is 6.65. The highest BCUT2D eigenvalue weighted by atomic mass is 16.5. The van der Waals surface area contributed by atoms with Crippen LogP contribution in [0.1, 0.15) is 32.1 Å². The molecule has 0 aromatic carbocycles. The van der Waals surface area contributed by atoms with Crippen molar-refractivity contribution in [1.82, 2.24) is 4.90 Å². The molecule has 2 fully saturated rings. The van der Waals surface area contributed by atoms with E-state index in [1.165, 1.54) is 12.8 Å². The van der Waals surface area contributed by atoms with E-state index >= 15 is 0 Å². The lowest BCUT2D eigenvalue weighted by Crippen LogP contribution is -2.45. The zero-order chi connectivity index (χ0) is 12.3. The number of carbonyl (C=O) groups is 1. The molecular weight excluding hydrogens is 218 g/mol. The van der Waals surface area contributed by atoms with Gasteiger partial charge in [0.05, 0.1) is 6.61 Å². The van der Waals surface area contributed by atoms with Gasteiger partial charge in [-0.1, -0.05) is 0 Å². The number of methoxy groups -OCH3 is 1. The SMILES string of the molecule is COCC(C1CC1)N1CCC(CC(=O)O)CC1. The summed E-state index contributed by atoms with van der Waals surface area (Å²) in [5.74, 6) is 0.552. The number of aliphatic carboxylic acids is 1. The molecule has 2 rings (SSSR count). The van der Waals surface area contributed by atoms with E-state index in [1.807, 2.05) is 0 Å². The quantitative estimate of drug-likeness (QED) is 0.767. The Bertz CT molecular complexity index is 257. The van der Waals surface area contributed by atoms with Crippen molar-refractivity contribution in [3.63, 3.8) is 0 Å². The molecule has 1 heterocycles. The van der Waals surface area contributed by atoms with E-state index in [9.17, 15) is 4.79 Å². The zero-order valence-electron chi connectivity index (χ0n) is 10.6. The summed E-state index contributed by atoms with van der Waals surface area (Å²) in [6, 6.07) is 0.575. The number of ether oxygens (including phenoxy) is 1. The second kappa shape index (κ2) is 5.83. The molecule has 0 bridgehead atoms. The number of carboxylic acid groups (broad SMARTS) is 1. The average Bonchev–Trinajstić information content (AvgIpc) is 3.10. The summed E-state index contributed by atoms with van der Waals surface area (Å²) < 4.78 is 5.31. The van der Waals surface area contributed by atoms with Crippen molar-refractivity contribution in [1.29, 1.82) is 0 Å². The number of carboxylic acids is 1. The Kier molecular flexibility index (Phi) is 4.40. The summed E-state index contributed by atoms with van der Waals surface area (Å²) in [7, 11) is 1.77. The fourth-order valence-corrected chi connectivity index (χ4v) is 2.93.